The smallest absolute Gasteiger partial charge is 0.126 e. The second-order valence-corrected chi connectivity index (χ2v) is 2.90. The zero-order chi connectivity index (χ0) is 9.26. The van der Waals surface area contributed by atoms with Crippen molar-refractivity contribution in [2.24, 2.45) is 0 Å². The predicted molar refractivity (Wildman–Crippen MR) is 56.7 cm³/mol. The van der Waals surface area contributed by atoms with E-state index >= 15 is 0 Å². The number of hydrogen-bond donors (Lipinski definition) is 1. The van der Waals surface area contributed by atoms with Crippen molar-refractivity contribution in [2.75, 3.05) is 12.4 Å². The van der Waals surface area contributed by atoms with E-state index in [1.54, 1.807) is 0 Å². The van der Waals surface area contributed by atoms with Gasteiger partial charge in [-0.05, 0) is 18.2 Å². The van der Waals surface area contributed by atoms with Gasteiger partial charge in [0, 0.05) is 12.4 Å². The van der Waals surface area contributed by atoms with Gasteiger partial charge >= 0.3 is 0 Å². The first-order valence-corrected chi connectivity index (χ1v) is 4.13. The van der Waals surface area contributed by atoms with E-state index in [9.17, 15) is 0 Å². The minimum Gasteiger partial charge on any atom is -0.373 e. The quantitative estimate of drug-likeness (QED) is 0.644. The highest BCUT2D eigenvalue weighted by atomic mass is 15.0. The Bertz CT molecular complexity index is 440. The average Bonchev–Trinajstić information content (AvgIpc) is 2.16. The van der Waals surface area contributed by atoms with Crippen LogP contribution in [0.5, 0.6) is 0 Å². The third kappa shape index (κ3) is 1.50. The van der Waals surface area contributed by atoms with E-state index in [4.69, 9.17) is 7.85 Å². The molecule has 0 aliphatic carbocycles. The molecule has 13 heavy (non-hydrogen) atoms. The number of fused-ring (bicyclic) bond motifs is 1. The molecule has 0 unspecified atom stereocenters. The van der Waals surface area contributed by atoms with Crippen LogP contribution in [0.15, 0.2) is 30.3 Å². The van der Waals surface area contributed by atoms with Crippen LogP contribution in [-0.2, 0) is 0 Å². The molecule has 0 bridgehead atoms. The molecule has 1 aromatic carbocycles. The second-order valence-electron chi connectivity index (χ2n) is 2.90. The number of benzene rings is 1. The summed E-state index contributed by atoms with van der Waals surface area (Å²) in [5.41, 5.74) is 1.67. The zero-order valence-corrected chi connectivity index (χ0v) is 7.41. The Balaban J connectivity index is 2.68. The van der Waals surface area contributed by atoms with Gasteiger partial charge in [-0.15, -0.1) is 0 Å². The number of nitrogens with one attached hydrogen (secondary N) is 1. The number of rotatable bonds is 1. The van der Waals surface area contributed by atoms with E-state index in [0.29, 0.717) is 0 Å². The van der Waals surface area contributed by atoms with Crippen molar-refractivity contribution in [2.45, 2.75) is 0 Å². The Hall–Kier alpha value is -1.51. The molecule has 0 amide bonds. The fourth-order valence-electron chi connectivity index (χ4n) is 1.27. The van der Waals surface area contributed by atoms with E-state index in [0.717, 1.165) is 22.2 Å². The third-order valence-corrected chi connectivity index (χ3v) is 1.97. The van der Waals surface area contributed by atoms with Crippen LogP contribution in [0.25, 0.3) is 10.9 Å². The highest BCUT2D eigenvalue weighted by Crippen LogP contribution is 2.12. The summed E-state index contributed by atoms with van der Waals surface area (Å²) >= 11 is 0. The Labute approximate surface area is 78.4 Å². The van der Waals surface area contributed by atoms with Crippen LogP contribution in [-0.4, -0.2) is 19.9 Å². The van der Waals surface area contributed by atoms with Gasteiger partial charge in [0.2, 0.25) is 0 Å². The molecule has 2 aromatic rings. The number of hydrogen-bond acceptors (Lipinski definition) is 2. The topological polar surface area (TPSA) is 24.9 Å². The average molecular weight is 168 g/mol. The Kier molecular flexibility index (Phi) is 1.93. The van der Waals surface area contributed by atoms with Gasteiger partial charge < -0.3 is 5.32 Å². The predicted octanol–water partition coefficient (Wildman–Crippen LogP) is 1.07. The minimum atomic E-state index is 0.744. The van der Waals surface area contributed by atoms with Crippen LogP contribution in [0.4, 0.5) is 5.82 Å². The van der Waals surface area contributed by atoms with Crippen molar-refractivity contribution in [3.8, 4) is 0 Å². The van der Waals surface area contributed by atoms with Gasteiger partial charge in [-0.25, -0.2) is 4.98 Å². The molecule has 1 heterocycles. The maximum absolute atomic E-state index is 5.65. The van der Waals surface area contributed by atoms with Crippen LogP contribution >= 0.6 is 0 Å². The highest BCUT2D eigenvalue weighted by Gasteiger charge is 1.95. The monoisotopic (exact) mass is 168 g/mol. The summed E-state index contributed by atoms with van der Waals surface area (Å²) < 4.78 is 0. The Morgan fingerprint density at radius 2 is 2.00 bits per heavy atom. The summed E-state index contributed by atoms with van der Waals surface area (Å²) in [6.07, 6.45) is 0. The minimum absolute atomic E-state index is 0.744. The summed E-state index contributed by atoms with van der Waals surface area (Å²) in [5.74, 6) is 0.859. The molecule has 1 aromatic heterocycles. The van der Waals surface area contributed by atoms with Crippen LogP contribution in [0, 0.1) is 0 Å². The van der Waals surface area contributed by atoms with Gasteiger partial charge in [-0.2, -0.15) is 0 Å². The van der Waals surface area contributed by atoms with Crippen molar-refractivity contribution in [3.05, 3.63) is 30.3 Å². The summed E-state index contributed by atoms with van der Waals surface area (Å²) in [7, 11) is 7.50. The molecule has 2 rings (SSSR count). The van der Waals surface area contributed by atoms with Crippen molar-refractivity contribution < 1.29 is 0 Å². The lowest BCUT2D eigenvalue weighted by Crippen LogP contribution is -2.01. The second kappa shape index (κ2) is 3.09. The standard InChI is InChI=1S/C10H9BN2/c1-12-10-5-3-7-2-4-8(11)6-9(7)13-10/h2-6H,1H3,(H,12,13). The van der Waals surface area contributed by atoms with Gasteiger partial charge in [0.05, 0.1) is 5.52 Å². The Morgan fingerprint density at radius 3 is 2.77 bits per heavy atom. The van der Waals surface area contributed by atoms with Crippen LogP contribution in [0.2, 0.25) is 0 Å². The van der Waals surface area contributed by atoms with Crippen LogP contribution in [0.1, 0.15) is 0 Å². The number of nitrogens with zero attached hydrogens (tertiary/aromatic N) is 1. The third-order valence-electron chi connectivity index (χ3n) is 1.97. The fraction of sp³-hybridized carbons (Fsp3) is 0.100. The maximum atomic E-state index is 5.65. The van der Waals surface area contributed by atoms with Gasteiger partial charge in [0.25, 0.3) is 0 Å². The molecule has 2 nitrogen and oxygen atoms in total. The lowest BCUT2D eigenvalue weighted by Gasteiger charge is -2.02. The molecule has 0 spiro atoms. The first kappa shape index (κ1) is 8.11. The molecular formula is C10H9BN2. The number of aromatic nitrogens is 1. The van der Waals surface area contributed by atoms with Crippen molar-refractivity contribution >= 4 is 30.0 Å². The lowest BCUT2D eigenvalue weighted by atomic mass is 9.95. The van der Waals surface area contributed by atoms with E-state index < -0.39 is 0 Å². The summed E-state index contributed by atoms with van der Waals surface area (Å²) in [6.45, 7) is 0. The molecule has 62 valence electrons. The van der Waals surface area contributed by atoms with E-state index in [-0.39, 0.29) is 0 Å². The molecule has 0 fully saturated rings. The van der Waals surface area contributed by atoms with Crippen LogP contribution in [0.3, 0.4) is 0 Å². The molecule has 0 atom stereocenters. The van der Waals surface area contributed by atoms with Crippen molar-refractivity contribution in [1.82, 2.24) is 4.98 Å². The molecule has 2 radical (unpaired) electrons. The summed E-state index contributed by atoms with van der Waals surface area (Å²) in [5, 5.41) is 4.09. The SMILES string of the molecule is [B]c1ccc2ccc(NC)nc2c1. The number of anilines is 1. The van der Waals surface area contributed by atoms with Crippen molar-refractivity contribution in [3.63, 3.8) is 0 Å². The summed E-state index contributed by atoms with van der Waals surface area (Å²) in [6, 6.07) is 9.68. The molecule has 0 saturated carbocycles. The first-order chi connectivity index (χ1) is 6.29. The van der Waals surface area contributed by atoms with E-state index in [1.165, 1.54) is 0 Å². The number of pyridine rings is 1. The van der Waals surface area contributed by atoms with Gasteiger partial charge in [0.1, 0.15) is 13.7 Å². The maximum Gasteiger partial charge on any atom is 0.126 e. The lowest BCUT2D eigenvalue weighted by molar-refractivity contribution is 1.35. The molecule has 0 aliphatic heterocycles. The normalized spacial score (nSPS) is 10.2. The molecule has 0 saturated heterocycles. The first-order valence-electron chi connectivity index (χ1n) is 4.13. The summed E-state index contributed by atoms with van der Waals surface area (Å²) in [4.78, 5) is 4.36. The molecule has 3 heteroatoms. The van der Waals surface area contributed by atoms with Crippen molar-refractivity contribution in [1.29, 1.82) is 0 Å². The molecular weight excluding hydrogens is 159 g/mol. The fourth-order valence-corrected chi connectivity index (χ4v) is 1.27. The van der Waals surface area contributed by atoms with E-state index in [1.807, 2.05) is 37.4 Å². The van der Waals surface area contributed by atoms with Gasteiger partial charge in [0.15, 0.2) is 0 Å². The highest BCUT2D eigenvalue weighted by molar-refractivity contribution is 6.33. The zero-order valence-electron chi connectivity index (χ0n) is 7.41. The van der Waals surface area contributed by atoms with Crippen LogP contribution < -0.4 is 10.8 Å². The molecule has 1 N–H and O–H groups in total. The van der Waals surface area contributed by atoms with Gasteiger partial charge in [-0.1, -0.05) is 17.6 Å². The van der Waals surface area contributed by atoms with E-state index in [2.05, 4.69) is 10.3 Å². The largest absolute Gasteiger partial charge is 0.373 e. The van der Waals surface area contributed by atoms with Gasteiger partial charge in [-0.3, -0.25) is 0 Å². The molecule has 0 aliphatic rings. The Morgan fingerprint density at radius 1 is 1.23 bits per heavy atom.